The van der Waals surface area contributed by atoms with Crippen LogP contribution in [0.25, 0.3) is 112 Å². The Morgan fingerprint density at radius 2 is 0.689 bits per heavy atom. The van der Waals surface area contributed by atoms with Gasteiger partial charge in [-0.15, -0.1) is 0 Å². The first-order chi connectivity index (χ1) is 30.2. The van der Waals surface area contributed by atoms with Crippen LogP contribution in [0.3, 0.4) is 0 Å². The van der Waals surface area contributed by atoms with E-state index in [9.17, 15) is 0 Å². The quantitative estimate of drug-likeness (QED) is 0.153. The van der Waals surface area contributed by atoms with E-state index in [4.69, 9.17) is 29.3 Å². The van der Waals surface area contributed by atoms with Crippen LogP contribution in [0.4, 0.5) is 0 Å². The summed E-state index contributed by atoms with van der Waals surface area (Å²) in [6.07, 6.45) is 0. The standard InChI is InChI=1S/C55H35N5O/c1-5-15-38(16-6-1)47-35-48(57-52(56-47)41-17-7-2-8-18-41)39-29-25-36(26-30-39)37-27-31-40(32-28-37)50-46(34-33-45-44-23-13-14-24-49(44)61-51(45)50)55-59-53(42-19-9-3-10-20-42)58-54(60-55)43-21-11-4-12-22-43/h1-35H. The molecule has 0 aliphatic rings. The second-order valence-electron chi connectivity index (χ2n) is 14.9. The van der Waals surface area contributed by atoms with Crippen LogP contribution in [0.2, 0.25) is 0 Å². The van der Waals surface area contributed by atoms with Crippen LogP contribution >= 0.6 is 0 Å². The molecule has 0 bridgehead atoms. The Hall–Kier alpha value is -8.35. The van der Waals surface area contributed by atoms with Gasteiger partial charge in [0.15, 0.2) is 23.3 Å². The van der Waals surface area contributed by atoms with Crippen molar-refractivity contribution < 1.29 is 4.42 Å². The highest BCUT2D eigenvalue weighted by Gasteiger charge is 2.21. The summed E-state index contributed by atoms with van der Waals surface area (Å²) in [4.78, 5) is 25.2. The molecule has 0 aliphatic heterocycles. The van der Waals surface area contributed by atoms with Crippen LogP contribution < -0.4 is 0 Å². The predicted octanol–water partition coefficient (Wildman–Crippen LogP) is 13.9. The third kappa shape index (κ3) is 6.92. The highest BCUT2D eigenvalue weighted by Crippen LogP contribution is 2.42. The van der Waals surface area contributed by atoms with Crippen LogP contribution in [0.5, 0.6) is 0 Å². The maximum absolute atomic E-state index is 6.69. The number of nitrogens with zero attached hydrogens (tertiary/aromatic N) is 5. The number of para-hydroxylation sites is 1. The molecule has 11 aromatic rings. The first-order valence-electron chi connectivity index (χ1n) is 20.2. The lowest BCUT2D eigenvalue weighted by Crippen LogP contribution is -2.01. The number of rotatable bonds is 8. The van der Waals surface area contributed by atoms with E-state index in [1.54, 1.807) is 0 Å². The number of hydrogen-bond donors (Lipinski definition) is 0. The van der Waals surface area contributed by atoms with Gasteiger partial charge in [0.25, 0.3) is 0 Å². The molecule has 6 heteroatoms. The lowest BCUT2D eigenvalue weighted by atomic mass is 9.94. The SMILES string of the molecule is c1ccc(-c2cc(-c3ccc(-c4ccc(-c5c(-c6nc(-c7ccccc7)nc(-c7ccccc7)n6)ccc6c5oc5ccccc56)cc4)cc3)nc(-c3ccccc3)n2)cc1. The Kier molecular flexibility index (Phi) is 9.06. The lowest BCUT2D eigenvalue weighted by molar-refractivity contribution is 0.670. The van der Waals surface area contributed by atoms with Gasteiger partial charge in [0, 0.05) is 49.7 Å². The molecule has 0 amide bonds. The number of benzene rings is 8. The first-order valence-corrected chi connectivity index (χ1v) is 20.2. The lowest BCUT2D eigenvalue weighted by Gasteiger charge is -2.13. The van der Waals surface area contributed by atoms with Crippen LogP contribution in [0.1, 0.15) is 0 Å². The summed E-state index contributed by atoms with van der Waals surface area (Å²) in [6.45, 7) is 0. The van der Waals surface area contributed by atoms with E-state index in [1.165, 1.54) is 0 Å². The number of aromatic nitrogens is 5. The molecular weight excluding hydrogens is 747 g/mol. The summed E-state index contributed by atoms with van der Waals surface area (Å²) in [7, 11) is 0. The summed E-state index contributed by atoms with van der Waals surface area (Å²) in [6, 6.07) is 72.2. The van der Waals surface area contributed by atoms with Gasteiger partial charge in [0.05, 0.1) is 11.4 Å². The van der Waals surface area contributed by atoms with Crippen LogP contribution in [-0.4, -0.2) is 24.9 Å². The summed E-state index contributed by atoms with van der Waals surface area (Å²) in [5.41, 5.74) is 13.2. The van der Waals surface area contributed by atoms with Crippen LogP contribution in [-0.2, 0) is 0 Å². The molecule has 0 saturated heterocycles. The minimum absolute atomic E-state index is 0.570. The molecular formula is C55H35N5O. The van der Waals surface area contributed by atoms with Crippen molar-refractivity contribution in [3.63, 3.8) is 0 Å². The molecule has 0 fully saturated rings. The van der Waals surface area contributed by atoms with Gasteiger partial charge in [-0.05, 0) is 41.0 Å². The van der Waals surface area contributed by atoms with Crippen molar-refractivity contribution in [3.8, 4) is 90.3 Å². The maximum atomic E-state index is 6.69. The van der Waals surface area contributed by atoms with Crippen molar-refractivity contribution in [1.29, 1.82) is 0 Å². The molecule has 0 spiro atoms. The minimum Gasteiger partial charge on any atom is -0.455 e. The van der Waals surface area contributed by atoms with E-state index in [1.807, 2.05) is 127 Å². The molecule has 11 rings (SSSR count). The largest absolute Gasteiger partial charge is 0.455 e. The topological polar surface area (TPSA) is 77.6 Å². The van der Waals surface area contributed by atoms with E-state index < -0.39 is 0 Å². The third-order valence-electron chi connectivity index (χ3n) is 11.0. The fourth-order valence-electron chi connectivity index (χ4n) is 7.92. The molecule has 0 atom stereocenters. The Labute approximate surface area is 352 Å². The monoisotopic (exact) mass is 781 g/mol. The fourth-order valence-corrected chi connectivity index (χ4v) is 7.92. The summed E-state index contributed by atoms with van der Waals surface area (Å²) in [5.74, 6) is 2.47. The molecule has 0 saturated carbocycles. The minimum atomic E-state index is 0.570. The zero-order valence-electron chi connectivity index (χ0n) is 32.9. The Balaban J connectivity index is 1.00. The van der Waals surface area contributed by atoms with Crippen LogP contribution in [0, 0.1) is 0 Å². The van der Waals surface area contributed by atoms with Crippen molar-refractivity contribution >= 4 is 21.9 Å². The third-order valence-corrected chi connectivity index (χ3v) is 11.0. The molecule has 3 heterocycles. The highest BCUT2D eigenvalue weighted by molar-refractivity contribution is 6.12. The normalized spacial score (nSPS) is 11.3. The summed E-state index contributed by atoms with van der Waals surface area (Å²) >= 11 is 0. The molecule has 3 aromatic heterocycles. The first kappa shape index (κ1) is 35.8. The predicted molar refractivity (Wildman–Crippen MR) is 246 cm³/mol. The van der Waals surface area contributed by atoms with Gasteiger partial charge < -0.3 is 4.42 Å². The zero-order valence-corrected chi connectivity index (χ0v) is 32.9. The second-order valence-corrected chi connectivity index (χ2v) is 14.9. The molecule has 0 N–H and O–H groups in total. The van der Waals surface area contributed by atoms with E-state index in [2.05, 4.69) is 84.9 Å². The van der Waals surface area contributed by atoms with Gasteiger partial charge in [-0.3, -0.25) is 0 Å². The van der Waals surface area contributed by atoms with E-state index in [0.29, 0.717) is 23.3 Å². The van der Waals surface area contributed by atoms with Crippen molar-refractivity contribution in [2.75, 3.05) is 0 Å². The van der Waals surface area contributed by atoms with Gasteiger partial charge in [-0.2, -0.15) is 0 Å². The number of hydrogen-bond acceptors (Lipinski definition) is 6. The average molecular weight is 782 g/mol. The fraction of sp³-hybridized carbons (Fsp3) is 0. The molecule has 61 heavy (non-hydrogen) atoms. The van der Waals surface area contributed by atoms with Crippen molar-refractivity contribution in [1.82, 2.24) is 24.9 Å². The molecule has 286 valence electrons. The van der Waals surface area contributed by atoms with Crippen molar-refractivity contribution in [3.05, 3.63) is 212 Å². The van der Waals surface area contributed by atoms with Gasteiger partial charge in [0.2, 0.25) is 0 Å². The van der Waals surface area contributed by atoms with Gasteiger partial charge in [0.1, 0.15) is 11.2 Å². The maximum Gasteiger partial charge on any atom is 0.164 e. The molecule has 6 nitrogen and oxygen atoms in total. The number of furan rings is 1. The zero-order chi connectivity index (χ0) is 40.5. The highest BCUT2D eigenvalue weighted by atomic mass is 16.3. The Morgan fingerprint density at radius 3 is 1.23 bits per heavy atom. The average Bonchev–Trinajstić information content (AvgIpc) is 3.73. The smallest absolute Gasteiger partial charge is 0.164 e. The Morgan fingerprint density at radius 1 is 0.279 bits per heavy atom. The number of fused-ring (bicyclic) bond motifs is 3. The summed E-state index contributed by atoms with van der Waals surface area (Å²) in [5, 5.41) is 2.09. The van der Waals surface area contributed by atoms with Gasteiger partial charge in [-0.25, -0.2) is 24.9 Å². The van der Waals surface area contributed by atoms with E-state index >= 15 is 0 Å². The van der Waals surface area contributed by atoms with E-state index in [-0.39, 0.29) is 0 Å². The molecule has 8 aromatic carbocycles. The van der Waals surface area contributed by atoms with Gasteiger partial charge >= 0.3 is 0 Å². The van der Waals surface area contributed by atoms with Crippen molar-refractivity contribution in [2.24, 2.45) is 0 Å². The molecule has 0 unspecified atom stereocenters. The summed E-state index contributed by atoms with van der Waals surface area (Å²) < 4.78 is 6.69. The van der Waals surface area contributed by atoms with Crippen molar-refractivity contribution in [2.45, 2.75) is 0 Å². The molecule has 0 aliphatic carbocycles. The van der Waals surface area contributed by atoms with E-state index in [0.717, 1.165) is 89.0 Å². The molecule has 0 radical (unpaired) electrons. The van der Waals surface area contributed by atoms with Crippen LogP contribution in [0.15, 0.2) is 217 Å². The van der Waals surface area contributed by atoms with Gasteiger partial charge in [-0.1, -0.05) is 188 Å². The Bertz CT molecular complexity index is 3200. The second kappa shape index (κ2) is 15.4.